The molecule has 4 N–H and O–H groups in total. The number of aromatic amines is 2. The number of imidazole rings is 1. The van der Waals surface area contributed by atoms with E-state index in [0.29, 0.717) is 6.54 Å². The van der Waals surface area contributed by atoms with Crippen LogP contribution < -0.4 is 11.0 Å². The fourth-order valence-electron chi connectivity index (χ4n) is 2.04. The van der Waals surface area contributed by atoms with E-state index in [2.05, 4.69) is 15.3 Å². The van der Waals surface area contributed by atoms with E-state index in [-0.39, 0.29) is 17.6 Å². The van der Waals surface area contributed by atoms with Crippen molar-refractivity contribution >= 4 is 17.0 Å². The minimum atomic E-state index is -0.874. The van der Waals surface area contributed by atoms with Crippen LogP contribution in [0.25, 0.3) is 11.0 Å². The molecule has 1 aromatic heterocycles. The highest BCUT2D eigenvalue weighted by Crippen LogP contribution is 2.24. The monoisotopic (exact) mass is 263 g/mol. The predicted molar refractivity (Wildman–Crippen MR) is 72.5 cm³/mol. The fourth-order valence-corrected chi connectivity index (χ4v) is 2.04. The van der Waals surface area contributed by atoms with Crippen LogP contribution in [0.15, 0.2) is 23.0 Å². The Morgan fingerprint density at radius 2 is 2.00 bits per heavy atom. The Morgan fingerprint density at radius 1 is 1.32 bits per heavy atom. The largest absolute Gasteiger partial charge is 0.480 e. The topological polar surface area (TPSA) is 98.0 Å². The SMILES string of the molecule is CC(C)(CNCC(=O)O)c1ccc2[nH]c(=O)[nH]c2c1. The average Bonchev–Trinajstić information content (AvgIpc) is 2.67. The first-order valence-electron chi connectivity index (χ1n) is 6.03. The maximum Gasteiger partial charge on any atom is 0.323 e. The Labute approximate surface area is 109 Å². The lowest BCUT2D eigenvalue weighted by molar-refractivity contribution is -0.136. The van der Waals surface area contributed by atoms with Gasteiger partial charge < -0.3 is 20.4 Å². The van der Waals surface area contributed by atoms with Crippen molar-refractivity contribution < 1.29 is 9.90 Å². The van der Waals surface area contributed by atoms with Crippen molar-refractivity contribution in [3.63, 3.8) is 0 Å². The average molecular weight is 263 g/mol. The molecule has 0 unspecified atom stereocenters. The van der Waals surface area contributed by atoms with Gasteiger partial charge in [-0.2, -0.15) is 0 Å². The molecule has 102 valence electrons. The predicted octanol–water partition coefficient (Wildman–Crippen LogP) is 0.808. The minimum Gasteiger partial charge on any atom is -0.480 e. The molecule has 0 aliphatic carbocycles. The summed E-state index contributed by atoms with van der Waals surface area (Å²) in [5, 5.41) is 11.5. The molecule has 0 saturated carbocycles. The Balaban J connectivity index is 2.21. The molecule has 0 aliphatic rings. The lowest BCUT2D eigenvalue weighted by Crippen LogP contribution is -2.35. The molecule has 6 nitrogen and oxygen atoms in total. The van der Waals surface area contributed by atoms with Crippen molar-refractivity contribution in [3.8, 4) is 0 Å². The molecular weight excluding hydrogens is 246 g/mol. The highest BCUT2D eigenvalue weighted by molar-refractivity contribution is 5.75. The number of rotatable bonds is 5. The van der Waals surface area contributed by atoms with E-state index in [0.717, 1.165) is 16.6 Å². The molecule has 2 rings (SSSR count). The normalized spacial score (nSPS) is 11.9. The van der Waals surface area contributed by atoms with Crippen LogP contribution in [0.4, 0.5) is 0 Å². The van der Waals surface area contributed by atoms with E-state index in [9.17, 15) is 9.59 Å². The third-order valence-electron chi connectivity index (χ3n) is 3.14. The van der Waals surface area contributed by atoms with E-state index in [4.69, 9.17) is 5.11 Å². The van der Waals surface area contributed by atoms with E-state index < -0.39 is 5.97 Å². The van der Waals surface area contributed by atoms with Gasteiger partial charge in [0.15, 0.2) is 0 Å². The van der Waals surface area contributed by atoms with E-state index in [1.807, 2.05) is 32.0 Å². The van der Waals surface area contributed by atoms with Crippen LogP contribution in [0.3, 0.4) is 0 Å². The number of carbonyl (C=O) groups is 1. The highest BCUT2D eigenvalue weighted by Gasteiger charge is 2.21. The number of aromatic nitrogens is 2. The van der Waals surface area contributed by atoms with Crippen molar-refractivity contribution in [1.82, 2.24) is 15.3 Å². The molecular formula is C13H17N3O3. The van der Waals surface area contributed by atoms with Crippen molar-refractivity contribution in [3.05, 3.63) is 34.2 Å². The third kappa shape index (κ3) is 3.03. The molecule has 0 amide bonds. The van der Waals surface area contributed by atoms with Gasteiger partial charge >= 0.3 is 11.7 Å². The van der Waals surface area contributed by atoms with Gasteiger partial charge in [0, 0.05) is 12.0 Å². The number of carboxylic acids is 1. The molecule has 0 radical (unpaired) electrons. The maximum absolute atomic E-state index is 11.2. The van der Waals surface area contributed by atoms with Crippen LogP contribution >= 0.6 is 0 Å². The molecule has 0 aliphatic heterocycles. The number of carboxylic acid groups (broad SMARTS) is 1. The number of aliphatic carboxylic acids is 1. The van der Waals surface area contributed by atoms with E-state index >= 15 is 0 Å². The Hall–Kier alpha value is -2.08. The van der Waals surface area contributed by atoms with Gasteiger partial charge in [-0.05, 0) is 17.7 Å². The molecule has 1 heterocycles. The van der Waals surface area contributed by atoms with Crippen LogP contribution in [0, 0.1) is 0 Å². The Kier molecular flexibility index (Phi) is 3.44. The summed E-state index contributed by atoms with van der Waals surface area (Å²) in [6, 6.07) is 5.70. The van der Waals surface area contributed by atoms with Crippen LogP contribution in [0.1, 0.15) is 19.4 Å². The van der Waals surface area contributed by atoms with Gasteiger partial charge in [0.05, 0.1) is 17.6 Å². The lowest BCUT2D eigenvalue weighted by Gasteiger charge is -2.25. The molecule has 0 saturated heterocycles. The zero-order valence-corrected chi connectivity index (χ0v) is 10.9. The minimum absolute atomic E-state index is 0.0628. The summed E-state index contributed by atoms with van der Waals surface area (Å²) < 4.78 is 0. The van der Waals surface area contributed by atoms with Crippen molar-refractivity contribution in [2.45, 2.75) is 19.3 Å². The number of hydrogen-bond donors (Lipinski definition) is 4. The molecule has 0 fully saturated rings. The first-order chi connectivity index (χ1) is 8.88. The molecule has 0 spiro atoms. The van der Waals surface area contributed by atoms with Gasteiger partial charge in [0.2, 0.25) is 0 Å². The summed E-state index contributed by atoms with van der Waals surface area (Å²) >= 11 is 0. The Morgan fingerprint density at radius 3 is 2.68 bits per heavy atom. The van der Waals surface area contributed by atoms with Crippen LogP contribution in [-0.4, -0.2) is 34.1 Å². The number of hydrogen-bond acceptors (Lipinski definition) is 3. The number of fused-ring (bicyclic) bond motifs is 1. The molecule has 6 heteroatoms. The second kappa shape index (κ2) is 4.89. The lowest BCUT2D eigenvalue weighted by atomic mass is 9.84. The molecule has 19 heavy (non-hydrogen) atoms. The quantitative estimate of drug-likeness (QED) is 0.641. The third-order valence-corrected chi connectivity index (χ3v) is 3.14. The van der Waals surface area contributed by atoms with Crippen molar-refractivity contribution in [2.75, 3.05) is 13.1 Å². The number of H-pyrrole nitrogens is 2. The number of nitrogens with one attached hydrogen (secondary N) is 3. The van der Waals surface area contributed by atoms with E-state index in [1.165, 1.54) is 0 Å². The van der Waals surface area contributed by atoms with Crippen LogP contribution in [0.5, 0.6) is 0 Å². The summed E-state index contributed by atoms with van der Waals surface area (Å²) in [6.07, 6.45) is 0. The zero-order chi connectivity index (χ0) is 14.0. The molecule has 0 atom stereocenters. The summed E-state index contributed by atoms with van der Waals surface area (Å²) in [4.78, 5) is 27.1. The van der Waals surface area contributed by atoms with Crippen LogP contribution in [0.2, 0.25) is 0 Å². The van der Waals surface area contributed by atoms with Gasteiger partial charge in [-0.15, -0.1) is 0 Å². The van der Waals surface area contributed by atoms with E-state index in [1.54, 1.807) is 0 Å². The first kappa shape index (κ1) is 13.4. The van der Waals surface area contributed by atoms with Gasteiger partial charge in [0.1, 0.15) is 0 Å². The Bertz CT molecular complexity index is 654. The summed E-state index contributed by atoms with van der Waals surface area (Å²) in [5.74, 6) is -0.874. The van der Waals surface area contributed by atoms with Crippen molar-refractivity contribution in [2.24, 2.45) is 0 Å². The standard InChI is InChI=1S/C13H17N3O3/c1-13(2,7-14-6-11(17)18)8-3-4-9-10(5-8)16-12(19)15-9/h3-5,14H,6-7H2,1-2H3,(H,17,18)(H2,15,16,19). The highest BCUT2D eigenvalue weighted by atomic mass is 16.4. The maximum atomic E-state index is 11.2. The molecule has 1 aromatic carbocycles. The molecule has 0 bridgehead atoms. The van der Waals surface area contributed by atoms with Gasteiger partial charge in [-0.1, -0.05) is 19.9 Å². The summed E-state index contributed by atoms with van der Waals surface area (Å²) in [6.45, 7) is 4.52. The van der Waals surface area contributed by atoms with Gasteiger partial charge in [-0.3, -0.25) is 4.79 Å². The van der Waals surface area contributed by atoms with Gasteiger partial charge in [-0.25, -0.2) is 4.79 Å². The number of benzene rings is 1. The zero-order valence-electron chi connectivity index (χ0n) is 10.9. The second-order valence-corrected chi connectivity index (χ2v) is 5.22. The summed E-state index contributed by atoms with van der Waals surface area (Å²) in [5.41, 5.74) is 2.11. The van der Waals surface area contributed by atoms with Gasteiger partial charge in [0.25, 0.3) is 0 Å². The molecule has 2 aromatic rings. The fraction of sp³-hybridized carbons (Fsp3) is 0.385. The van der Waals surface area contributed by atoms with Crippen molar-refractivity contribution in [1.29, 1.82) is 0 Å². The van der Waals surface area contributed by atoms with Crippen LogP contribution in [-0.2, 0) is 10.2 Å². The summed E-state index contributed by atoms with van der Waals surface area (Å²) in [7, 11) is 0. The smallest absolute Gasteiger partial charge is 0.323 e. The second-order valence-electron chi connectivity index (χ2n) is 5.22. The first-order valence-corrected chi connectivity index (χ1v) is 6.03.